The van der Waals surface area contributed by atoms with Crippen LogP contribution in [0.2, 0.25) is 0 Å². The van der Waals surface area contributed by atoms with Crippen molar-refractivity contribution in [1.82, 2.24) is 10.3 Å². The summed E-state index contributed by atoms with van der Waals surface area (Å²) in [6.07, 6.45) is 10.0. The molecule has 2 aliphatic carbocycles. The first-order valence-corrected chi connectivity index (χ1v) is 9.42. The minimum Gasteiger partial charge on any atom is -0.354 e. The van der Waals surface area contributed by atoms with Gasteiger partial charge in [-0.25, -0.2) is 4.98 Å². The summed E-state index contributed by atoms with van der Waals surface area (Å²) in [5.41, 5.74) is 7.33. The Labute approximate surface area is 136 Å². The van der Waals surface area contributed by atoms with Crippen LogP contribution < -0.4 is 11.1 Å². The molecule has 0 unspecified atom stereocenters. The van der Waals surface area contributed by atoms with E-state index in [1.807, 2.05) is 6.92 Å². The van der Waals surface area contributed by atoms with Gasteiger partial charge in [-0.1, -0.05) is 25.7 Å². The van der Waals surface area contributed by atoms with Gasteiger partial charge in [0.05, 0.1) is 16.6 Å². The molecule has 1 fully saturated rings. The molecule has 0 spiro atoms. The number of fused-ring (bicyclic) bond motifs is 1. The van der Waals surface area contributed by atoms with Gasteiger partial charge in [-0.3, -0.25) is 4.79 Å². The molecule has 1 saturated carbocycles. The molecule has 1 amide bonds. The van der Waals surface area contributed by atoms with Gasteiger partial charge in [0.25, 0.3) is 0 Å². The van der Waals surface area contributed by atoms with Crippen molar-refractivity contribution in [3.8, 4) is 0 Å². The predicted molar refractivity (Wildman–Crippen MR) is 90.2 cm³/mol. The molecule has 122 valence electrons. The first-order chi connectivity index (χ1) is 10.6. The van der Waals surface area contributed by atoms with E-state index in [-0.39, 0.29) is 17.4 Å². The summed E-state index contributed by atoms with van der Waals surface area (Å²) in [5.74, 6) is 0.0587. The molecule has 0 aliphatic heterocycles. The number of carbonyl (C=O) groups excluding carboxylic acids is 1. The van der Waals surface area contributed by atoms with Crippen LogP contribution in [0.15, 0.2) is 0 Å². The van der Waals surface area contributed by atoms with Gasteiger partial charge in [0.15, 0.2) is 0 Å². The predicted octanol–water partition coefficient (Wildman–Crippen LogP) is 3.04. The van der Waals surface area contributed by atoms with E-state index in [4.69, 9.17) is 5.73 Å². The summed E-state index contributed by atoms with van der Waals surface area (Å²) in [6, 6.07) is 0. The topological polar surface area (TPSA) is 68.0 Å². The molecule has 4 nitrogen and oxygen atoms in total. The summed E-state index contributed by atoms with van der Waals surface area (Å²) in [6.45, 7) is 2.64. The molecule has 2 aliphatic rings. The van der Waals surface area contributed by atoms with Crippen molar-refractivity contribution in [3.63, 3.8) is 0 Å². The second-order valence-electron chi connectivity index (χ2n) is 6.98. The minimum atomic E-state index is -0.207. The smallest absolute Gasteiger partial charge is 0.229 e. The number of nitrogens with one attached hydrogen (secondary N) is 1. The molecule has 3 rings (SSSR count). The molecule has 1 atom stereocenters. The van der Waals surface area contributed by atoms with Crippen LogP contribution in [0.5, 0.6) is 0 Å². The molecule has 1 aromatic rings. The van der Waals surface area contributed by atoms with E-state index in [1.54, 1.807) is 11.3 Å². The van der Waals surface area contributed by atoms with Gasteiger partial charge < -0.3 is 11.1 Å². The van der Waals surface area contributed by atoms with Crippen molar-refractivity contribution >= 4 is 17.2 Å². The van der Waals surface area contributed by atoms with Crippen molar-refractivity contribution in [2.45, 2.75) is 76.2 Å². The Morgan fingerprint density at radius 3 is 2.77 bits per heavy atom. The normalized spacial score (nSPS) is 24.4. The van der Waals surface area contributed by atoms with Crippen LogP contribution in [0.25, 0.3) is 0 Å². The second kappa shape index (κ2) is 6.67. The molecular formula is C17H27N3OS. The second-order valence-corrected chi connectivity index (χ2v) is 8.27. The molecule has 3 N–H and O–H groups in total. The SMILES string of the molecule is Cc1nc2c(s1)CCC[C@H]2C(=O)NCC1(N)CCCCCC1. The highest BCUT2D eigenvalue weighted by Crippen LogP contribution is 2.35. The number of carbonyl (C=O) groups is 1. The highest BCUT2D eigenvalue weighted by molar-refractivity contribution is 7.11. The van der Waals surface area contributed by atoms with E-state index < -0.39 is 0 Å². The Kier molecular flexibility index (Phi) is 4.83. The van der Waals surface area contributed by atoms with Gasteiger partial charge in [0, 0.05) is 17.0 Å². The Balaban J connectivity index is 1.63. The van der Waals surface area contributed by atoms with Crippen LogP contribution in [-0.4, -0.2) is 23.0 Å². The highest BCUT2D eigenvalue weighted by Gasteiger charge is 2.32. The number of hydrogen-bond donors (Lipinski definition) is 2. The average Bonchev–Trinajstić information content (AvgIpc) is 2.74. The third-order valence-electron chi connectivity index (χ3n) is 5.09. The zero-order valence-electron chi connectivity index (χ0n) is 13.5. The summed E-state index contributed by atoms with van der Waals surface area (Å²) in [4.78, 5) is 18.6. The monoisotopic (exact) mass is 321 g/mol. The zero-order chi connectivity index (χ0) is 15.6. The lowest BCUT2D eigenvalue weighted by Crippen LogP contribution is -2.50. The molecule has 22 heavy (non-hydrogen) atoms. The third kappa shape index (κ3) is 3.51. The molecule has 0 aromatic carbocycles. The number of aromatic nitrogens is 1. The van der Waals surface area contributed by atoms with E-state index >= 15 is 0 Å². The number of thiazole rings is 1. The zero-order valence-corrected chi connectivity index (χ0v) is 14.3. The Morgan fingerprint density at radius 2 is 2.05 bits per heavy atom. The Bertz CT molecular complexity index is 532. The lowest BCUT2D eigenvalue weighted by atomic mass is 9.88. The Morgan fingerprint density at radius 1 is 1.32 bits per heavy atom. The van der Waals surface area contributed by atoms with Crippen LogP contribution in [0.4, 0.5) is 0 Å². The van der Waals surface area contributed by atoms with E-state index in [1.165, 1.54) is 30.6 Å². The van der Waals surface area contributed by atoms with Crippen molar-refractivity contribution in [3.05, 3.63) is 15.6 Å². The number of aryl methyl sites for hydroxylation is 2. The fourth-order valence-electron chi connectivity index (χ4n) is 3.79. The van der Waals surface area contributed by atoms with Crippen LogP contribution in [0.1, 0.15) is 72.9 Å². The van der Waals surface area contributed by atoms with E-state index in [2.05, 4.69) is 10.3 Å². The maximum Gasteiger partial charge on any atom is 0.229 e. The molecular weight excluding hydrogens is 294 g/mol. The molecule has 1 aromatic heterocycles. The quantitative estimate of drug-likeness (QED) is 0.841. The number of nitrogens with two attached hydrogens (primary N) is 1. The van der Waals surface area contributed by atoms with Gasteiger partial charge in [-0.2, -0.15) is 0 Å². The fraction of sp³-hybridized carbons (Fsp3) is 0.765. The van der Waals surface area contributed by atoms with Crippen LogP contribution in [0.3, 0.4) is 0 Å². The molecule has 1 heterocycles. The molecule has 0 radical (unpaired) electrons. The van der Waals surface area contributed by atoms with Crippen LogP contribution in [-0.2, 0) is 11.2 Å². The molecule has 0 saturated heterocycles. The highest BCUT2D eigenvalue weighted by atomic mass is 32.1. The van der Waals surface area contributed by atoms with Gasteiger partial charge in [0.1, 0.15) is 0 Å². The number of amides is 1. The summed E-state index contributed by atoms with van der Waals surface area (Å²) >= 11 is 1.74. The summed E-state index contributed by atoms with van der Waals surface area (Å²) in [7, 11) is 0. The van der Waals surface area contributed by atoms with Gasteiger partial charge in [0.2, 0.25) is 5.91 Å². The maximum absolute atomic E-state index is 12.6. The van der Waals surface area contributed by atoms with E-state index in [9.17, 15) is 4.79 Å². The lowest BCUT2D eigenvalue weighted by molar-refractivity contribution is -0.123. The first kappa shape index (κ1) is 15.9. The van der Waals surface area contributed by atoms with Crippen molar-refractivity contribution in [2.75, 3.05) is 6.54 Å². The van der Waals surface area contributed by atoms with Crippen molar-refractivity contribution in [1.29, 1.82) is 0 Å². The Hall–Kier alpha value is -0.940. The lowest BCUT2D eigenvalue weighted by Gasteiger charge is -2.29. The van der Waals surface area contributed by atoms with Gasteiger partial charge in [-0.15, -0.1) is 11.3 Å². The average molecular weight is 321 g/mol. The van der Waals surface area contributed by atoms with Gasteiger partial charge in [-0.05, 0) is 39.0 Å². The maximum atomic E-state index is 12.6. The number of rotatable bonds is 3. The summed E-state index contributed by atoms with van der Waals surface area (Å²) < 4.78 is 0. The van der Waals surface area contributed by atoms with Crippen LogP contribution in [0, 0.1) is 6.92 Å². The standard InChI is InChI=1S/C17H27N3OS/c1-12-20-15-13(7-6-8-14(15)22-12)16(21)19-11-17(18)9-4-2-3-5-10-17/h13H,2-11,18H2,1H3,(H,19,21)/t13-/m1/s1. The summed E-state index contributed by atoms with van der Waals surface area (Å²) in [5, 5.41) is 4.21. The number of nitrogens with zero attached hydrogens (tertiary/aromatic N) is 1. The van der Waals surface area contributed by atoms with Gasteiger partial charge >= 0.3 is 0 Å². The first-order valence-electron chi connectivity index (χ1n) is 8.60. The van der Waals surface area contributed by atoms with Crippen LogP contribution >= 0.6 is 11.3 Å². The van der Waals surface area contributed by atoms with Crippen molar-refractivity contribution < 1.29 is 4.79 Å². The van der Waals surface area contributed by atoms with E-state index in [0.717, 1.165) is 42.8 Å². The molecule has 0 bridgehead atoms. The number of hydrogen-bond acceptors (Lipinski definition) is 4. The minimum absolute atomic E-state index is 0.0666. The van der Waals surface area contributed by atoms with Crippen molar-refractivity contribution in [2.24, 2.45) is 5.73 Å². The van der Waals surface area contributed by atoms with E-state index in [0.29, 0.717) is 6.54 Å². The molecule has 5 heteroatoms. The third-order valence-corrected chi connectivity index (χ3v) is 6.14. The fourth-order valence-corrected chi connectivity index (χ4v) is 4.83. The largest absolute Gasteiger partial charge is 0.354 e.